The van der Waals surface area contributed by atoms with Crippen molar-refractivity contribution >= 4 is 41.0 Å². The zero-order valence-corrected chi connectivity index (χ0v) is 13.8. The lowest BCUT2D eigenvalue weighted by Crippen LogP contribution is -2.34. The molecule has 0 fully saturated rings. The molecule has 2 aromatic carbocycles. The number of carboxylic acid groups (broad SMARTS) is 1. The van der Waals surface area contributed by atoms with E-state index in [0.29, 0.717) is 16.8 Å². The van der Waals surface area contributed by atoms with E-state index in [1.54, 1.807) is 36.4 Å². The van der Waals surface area contributed by atoms with Crippen molar-refractivity contribution in [1.82, 2.24) is 5.32 Å². The molecule has 6 heteroatoms. The summed E-state index contributed by atoms with van der Waals surface area (Å²) in [5.74, 6) is -1.30. The van der Waals surface area contributed by atoms with Crippen LogP contribution in [0.3, 0.4) is 0 Å². The third-order valence-corrected chi connectivity index (χ3v) is 3.38. The number of aryl methyl sites for hydroxylation is 1. The molecule has 0 aliphatic carbocycles. The number of hydrogen-bond acceptors (Lipinski definition) is 3. The van der Waals surface area contributed by atoms with Gasteiger partial charge in [-0.2, -0.15) is 0 Å². The quantitative estimate of drug-likeness (QED) is 0.588. The second-order valence-corrected chi connectivity index (χ2v) is 5.43. The fourth-order valence-corrected chi connectivity index (χ4v) is 2.26. The molecule has 0 saturated carbocycles. The van der Waals surface area contributed by atoms with Gasteiger partial charge in [-0.3, -0.25) is 10.1 Å². The van der Waals surface area contributed by atoms with E-state index in [1.165, 1.54) is 6.08 Å². The molecular formula is C18H16N2O3S. The molecule has 0 unspecified atom stereocenters. The maximum atomic E-state index is 12.2. The lowest BCUT2D eigenvalue weighted by molar-refractivity contribution is -0.131. The number of aliphatic carboxylic acids is 1. The van der Waals surface area contributed by atoms with E-state index in [2.05, 4.69) is 10.6 Å². The number of carboxylic acids is 1. The minimum Gasteiger partial charge on any atom is -0.478 e. The highest BCUT2D eigenvalue weighted by Crippen LogP contribution is 2.12. The summed E-state index contributed by atoms with van der Waals surface area (Å²) in [4.78, 5) is 22.7. The molecule has 3 N–H and O–H groups in total. The summed E-state index contributed by atoms with van der Waals surface area (Å²) in [5.41, 5.74) is 2.77. The number of thiocarbonyl (C=S) groups is 1. The minimum absolute atomic E-state index is 0.169. The van der Waals surface area contributed by atoms with Crippen molar-refractivity contribution in [2.75, 3.05) is 5.32 Å². The van der Waals surface area contributed by atoms with Crippen LogP contribution in [0.4, 0.5) is 5.69 Å². The summed E-state index contributed by atoms with van der Waals surface area (Å²) in [6.07, 6.45) is 2.53. The summed E-state index contributed by atoms with van der Waals surface area (Å²) in [6.45, 7) is 1.85. The van der Waals surface area contributed by atoms with E-state index >= 15 is 0 Å². The third-order valence-electron chi connectivity index (χ3n) is 3.18. The Labute approximate surface area is 145 Å². The summed E-state index contributed by atoms with van der Waals surface area (Å²) >= 11 is 5.15. The van der Waals surface area contributed by atoms with Crippen molar-refractivity contribution in [2.24, 2.45) is 0 Å². The Morgan fingerprint density at radius 2 is 1.88 bits per heavy atom. The Kier molecular flexibility index (Phi) is 5.81. The number of benzene rings is 2. The molecule has 2 aromatic rings. The van der Waals surface area contributed by atoms with Crippen molar-refractivity contribution in [1.29, 1.82) is 0 Å². The molecule has 0 bridgehead atoms. The molecule has 2 rings (SSSR count). The number of nitrogens with one attached hydrogen (secondary N) is 2. The number of anilines is 1. The Morgan fingerprint density at radius 3 is 2.58 bits per heavy atom. The fraction of sp³-hybridized carbons (Fsp3) is 0.0556. The van der Waals surface area contributed by atoms with Crippen LogP contribution in [-0.4, -0.2) is 22.1 Å². The van der Waals surface area contributed by atoms with Crippen molar-refractivity contribution in [3.63, 3.8) is 0 Å². The number of carbonyl (C=O) groups is 2. The van der Waals surface area contributed by atoms with Gasteiger partial charge < -0.3 is 10.4 Å². The molecule has 0 radical (unpaired) electrons. The Balaban J connectivity index is 2.02. The molecule has 0 atom stereocenters. The first-order chi connectivity index (χ1) is 11.5. The lowest BCUT2D eigenvalue weighted by atomic mass is 10.1. The molecule has 5 nitrogen and oxygen atoms in total. The second kappa shape index (κ2) is 8.03. The first-order valence-electron chi connectivity index (χ1n) is 7.15. The summed E-state index contributed by atoms with van der Waals surface area (Å²) in [5, 5.41) is 14.4. The van der Waals surface area contributed by atoms with Gasteiger partial charge in [0.1, 0.15) is 0 Å². The van der Waals surface area contributed by atoms with E-state index in [1.807, 2.05) is 19.1 Å². The Hall–Kier alpha value is -2.99. The summed E-state index contributed by atoms with van der Waals surface area (Å²) in [6, 6.07) is 14.2. The van der Waals surface area contributed by atoms with E-state index in [9.17, 15) is 9.59 Å². The van der Waals surface area contributed by atoms with Crippen LogP contribution in [0.2, 0.25) is 0 Å². The van der Waals surface area contributed by atoms with Gasteiger partial charge in [-0.1, -0.05) is 30.3 Å². The molecule has 0 aliphatic rings. The van der Waals surface area contributed by atoms with Crippen LogP contribution in [0.15, 0.2) is 54.6 Å². The van der Waals surface area contributed by atoms with Gasteiger partial charge in [0.05, 0.1) is 0 Å². The molecule has 24 heavy (non-hydrogen) atoms. The van der Waals surface area contributed by atoms with Crippen LogP contribution in [0.5, 0.6) is 0 Å². The van der Waals surface area contributed by atoms with Gasteiger partial charge in [0.2, 0.25) is 0 Å². The van der Waals surface area contributed by atoms with E-state index in [4.69, 9.17) is 17.3 Å². The van der Waals surface area contributed by atoms with Gasteiger partial charge in [-0.05, 0) is 54.5 Å². The zero-order chi connectivity index (χ0) is 17.5. The topological polar surface area (TPSA) is 78.4 Å². The van der Waals surface area contributed by atoms with Gasteiger partial charge in [0, 0.05) is 17.3 Å². The molecule has 1 amide bonds. The van der Waals surface area contributed by atoms with Crippen molar-refractivity contribution in [3.05, 3.63) is 71.3 Å². The van der Waals surface area contributed by atoms with Crippen LogP contribution >= 0.6 is 12.2 Å². The number of amides is 1. The van der Waals surface area contributed by atoms with Crippen LogP contribution in [0, 0.1) is 6.92 Å². The third kappa shape index (κ3) is 5.03. The molecule has 0 saturated heterocycles. The fourth-order valence-electron chi connectivity index (χ4n) is 2.05. The minimum atomic E-state index is -1.02. The first kappa shape index (κ1) is 17.4. The molecular weight excluding hydrogens is 324 g/mol. The summed E-state index contributed by atoms with van der Waals surface area (Å²) in [7, 11) is 0. The molecule has 122 valence electrons. The number of rotatable bonds is 4. The smallest absolute Gasteiger partial charge is 0.328 e. The van der Waals surface area contributed by atoms with Crippen LogP contribution in [0.1, 0.15) is 21.5 Å². The standard InChI is InChI=1S/C18H16N2O3S/c1-12-5-2-3-8-15(12)17(23)20-18(24)19-14-7-4-6-13(11-14)9-10-16(21)22/h2-11H,1H3,(H,21,22)(H2,19,20,23,24)/b10-9+. The van der Waals surface area contributed by atoms with E-state index in [-0.39, 0.29) is 11.0 Å². The second-order valence-electron chi connectivity index (χ2n) is 5.02. The molecule has 0 aromatic heterocycles. The van der Waals surface area contributed by atoms with Crippen molar-refractivity contribution in [3.8, 4) is 0 Å². The number of carbonyl (C=O) groups excluding carboxylic acids is 1. The lowest BCUT2D eigenvalue weighted by Gasteiger charge is -2.11. The highest BCUT2D eigenvalue weighted by Gasteiger charge is 2.10. The SMILES string of the molecule is Cc1ccccc1C(=O)NC(=S)Nc1cccc(/C=C/C(=O)O)c1. The highest BCUT2D eigenvalue weighted by atomic mass is 32.1. The molecule has 0 aliphatic heterocycles. The van der Waals surface area contributed by atoms with Gasteiger partial charge in [-0.25, -0.2) is 4.79 Å². The average Bonchev–Trinajstić information content (AvgIpc) is 2.53. The Morgan fingerprint density at radius 1 is 1.12 bits per heavy atom. The highest BCUT2D eigenvalue weighted by molar-refractivity contribution is 7.80. The number of hydrogen-bond donors (Lipinski definition) is 3. The molecule has 0 heterocycles. The van der Waals surface area contributed by atoms with Crippen molar-refractivity contribution < 1.29 is 14.7 Å². The average molecular weight is 340 g/mol. The predicted octanol–water partition coefficient (Wildman–Crippen LogP) is 3.22. The largest absolute Gasteiger partial charge is 0.478 e. The maximum absolute atomic E-state index is 12.2. The Bertz CT molecular complexity index is 815. The van der Waals surface area contributed by atoms with E-state index < -0.39 is 5.97 Å². The van der Waals surface area contributed by atoms with Crippen LogP contribution in [-0.2, 0) is 4.79 Å². The first-order valence-corrected chi connectivity index (χ1v) is 7.55. The normalized spacial score (nSPS) is 10.4. The summed E-state index contributed by atoms with van der Waals surface area (Å²) < 4.78 is 0. The van der Waals surface area contributed by atoms with Gasteiger partial charge in [0.15, 0.2) is 5.11 Å². The maximum Gasteiger partial charge on any atom is 0.328 e. The van der Waals surface area contributed by atoms with Gasteiger partial charge >= 0.3 is 5.97 Å². The van der Waals surface area contributed by atoms with Crippen LogP contribution < -0.4 is 10.6 Å². The van der Waals surface area contributed by atoms with Crippen molar-refractivity contribution in [2.45, 2.75) is 6.92 Å². The van der Waals surface area contributed by atoms with Crippen LogP contribution in [0.25, 0.3) is 6.08 Å². The van der Waals surface area contributed by atoms with E-state index in [0.717, 1.165) is 11.6 Å². The zero-order valence-electron chi connectivity index (χ0n) is 12.9. The molecule has 0 spiro atoms. The van der Waals surface area contributed by atoms with Gasteiger partial charge in [-0.15, -0.1) is 0 Å². The monoisotopic (exact) mass is 340 g/mol. The van der Waals surface area contributed by atoms with Gasteiger partial charge in [0.25, 0.3) is 5.91 Å². The predicted molar refractivity (Wildman–Crippen MR) is 98.0 cm³/mol.